The number of hydrogen-bond acceptors (Lipinski definition) is 4. The van der Waals surface area contributed by atoms with Gasteiger partial charge in [0.2, 0.25) is 0 Å². The van der Waals surface area contributed by atoms with Gasteiger partial charge in [-0.05, 0) is 39.3 Å². The van der Waals surface area contributed by atoms with Gasteiger partial charge in [0.15, 0.2) is 0 Å². The van der Waals surface area contributed by atoms with E-state index in [0.29, 0.717) is 0 Å². The van der Waals surface area contributed by atoms with Crippen LogP contribution in [0.2, 0.25) is 0 Å². The molecule has 1 saturated heterocycles. The number of ether oxygens (including phenoxy) is 1. The Morgan fingerprint density at radius 1 is 1.30 bits per heavy atom. The van der Waals surface area contributed by atoms with E-state index >= 15 is 0 Å². The normalized spacial score (nSPS) is 22.2. The van der Waals surface area contributed by atoms with Crippen molar-refractivity contribution in [1.29, 1.82) is 0 Å². The van der Waals surface area contributed by atoms with Crippen molar-refractivity contribution in [3.63, 3.8) is 0 Å². The molecule has 1 aromatic carbocycles. The van der Waals surface area contributed by atoms with E-state index < -0.39 is 0 Å². The van der Waals surface area contributed by atoms with Gasteiger partial charge in [-0.25, -0.2) is 9.97 Å². The maximum atomic E-state index is 5.88. The molecule has 1 aliphatic heterocycles. The number of fused-ring (bicyclic) bond motifs is 1. The van der Waals surface area contributed by atoms with Crippen LogP contribution in [-0.2, 0) is 4.74 Å². The summed E-state index contributed by atoms with van der Waals surface area (Å²) < 4.78 is 5.88. The average Bonchev–Trinajstić information content (AvgIpc) is 2.42. The molecule has 2 aromatic rings. The van der Waals surface area contributed by atoms with Crippen LogP contribution in [0.4, 0.5) is 5.82 Å². The quantitative estimate of drug-likeness (QED) is 0.799. The lowest BCUT2D eigenvalue weighted by atomic mass is 9.96. The van der Waals surface area contributed by atoms with Crippen LogP contribution >= 0.6 is 0 Å². The molecule has 2 heterocycles. The Balaban J connectivity index is 2.13. The maximum absolute atomic E-state index is 5.88. The highest BCUT2D eigenvalue weighted by molar-refractivity contribution is 5.91. The minimum absolute atomic E-state index is 0.167. The third-order valence-corrected chi connectivity index (χ3v) is 4.40. The third kappa shape index (κ3) is 2.04. The van der Waals surface area contributed by atoms with Crippen LogP contribution in [0, 0.1) is 6.92 Å². The minimum Gasteiger partial charge on any atom is -0.372 e. The van der Waals surface area contributed by atoms with Crippen molar-refractivity contribution in [1.82, 2.24) is 9.97 Å². The van der Waals surface area contributed by atoms with Crippen molar-refractivity contribution < 1.29 is 4.74 Å². The monoisotopic (exact) mass is 271 g/mol. The van der Waals surface area contributed by atoms with Gasteiger partial charge < -0.3 is 9.64 Å². The van der Waals surface area contributed by atoms with E-state index in [9.17, 15) is 0 Å². The molecular weight excluding hydrogens is 250 g/mol. The van der Waals surface area contributed by atoms with Crippen molar-refractivity contribution >= 4 is 16.7 Å². The molecule has 106 valence electrons. The fraction of sp³-hybridized carbons (Fsp3) is 0.500. The lowest BCUT2D eigenvalue weighted by molar-refractivity contribution is -0.0530. The van der Waals surface area contributed by atoms with E-state index in [4.69, 9.17) is 4.74 Å². The molecule has 1 aromatic heterocycles. The van der Waals surface area contributed by atoms with Crippen LogP contribution in [0.25, 0.3) is 10.9 Å². The average molecular weight is 271 g/mol. The lowest BCUT2D eigenvalue weighted by Crippen LogP contribution is -2.55. The molecule has 4 heteroatoms. The van der Waals surface area contributed by atoms with E-state index in [2.05, 4.69) is 60.8 Å². The molecule has 1 unspecified atom stereocenters. The van der Waals surface area contributed by atoms with Crippen LogP contribution in [0.5, 0.6) is 0 Å². The molecule has 0 spiro atoms. The first-order chi connectivity index (χ1) is 9.50. The second kappa shape index (κ2) is 4.70. The summed E-state index contributed by atoms with van der Waals surface area (Å²) in [4.78, 5) is 11.3. The number of aromatic nitrogens is 2. The molecule has 20 heavy (non-hydrogen) atoms. The molecule has 1 atom stereocenters. The van der Waals surface area contributed by atoms with E-state index in [1.807, 2.05) is 0 Å². The summed E-state index contributed by atoms with van der Waals surface area (Å²) in [7, 11) is 0. The van der Waals surface area contributed by atoms with Crippen molar-refractivity contribution in [3.05, 3.63) is 30.1 Å². The number of nitrogens with zero attached hydrogens (tertiary/aromatic N) is 3. The SMILES string of the molecule is Cc1cccc2c(N3CCOC(C)(C)C3C)ncnc12. The van der Waals surface area contributed by atoms with Gasteiger partial charge >= 0.3 is 0 Å². The molecule has 0 N–H and O–H groups in total. The van der Waals surface area contributed by atoms with Gasteiger partial charge in [0, 0.05) is 11.9 Å². The molecule has 0 saturated carbocycles. The first-order valence-corrected chi connectivity index (χ1v) is 7.11. The molecule has 0 amide bonds. The predicted octanol–water partition coefficient (Wildman–Crippen LogP) is 2.94. The van der Waals surface area contributed by atoms with E-state index in [1.165, 1.54) is 5.56 Å². The summed E-state index contributed by atoms with van der Waals surface area (Å²) in [5.74, 6) is 1.02. The van der Waals surface area contributed by atoms with Crippen molar-refractivity contribution in [2.45, 2.75) is 39.3 Å². The molecule has 1 aliphatic rings. The maximum Gasteiger partial charge on any atom is 0.140 e. The smallest absolute Gasteiger partial charge is 0.140 e. The largest absolute Gasteiger partial charge is 0.372 e. The molecular formula is C16H21N3O. The Morgan fingerprint density at radius 2 is 2.10 bits per heavy atom. The van der Waals surface area contributed by atoms with Gasteiger partial charge in [-0.2, -0.15) is 0 Å². The zero-order valence-corrected chi connectivity index (χ0v) is 12.6. The molecule has 3 rings (SSSR count). The Labute approximate surface area is 119 Å². The zero-order chi connectivity index (χ0) is 14.3. The molecule has 0 radical (unpaired) electrons. The summed E-state index contributed by atoms with van der Waals surface area (Å²) >= 11 is 0. The number of benzene rings is 1. The molecule has 0 bridgehead atoms. The minimum atomic E-state index is -0.167. The number of hydrogen-bond donors (Lipinski definition) is 0. The number of para-hydroxylation sites is 1. The topological polar surface area (TPSA) is 38.2 Å². The number of aryl methyl sites for hydroxylation is 1. The van der Waals surface area contributed by atoms with Gasteiger partial charge in [-0.3, -0.25) is 0 Å². The summed E-state index contributed by atoms with van der Waals surface area (Å²) in [5.41, 5.74) is 2.06. The molecule has 1 fully saturated rings. The second-order valence-corrected chi connectivity index (χ2v) is 5.99. The number of morpholine rings is 1. The Hall–Kier alpha value is -1.68. The van der Waals surface area contributed by atoms with E-state index in [1.54, 1.807) is 6.33 Å². The standard InChI is InChI=1S/C16H21N3O/c1-11-6-5-7-13-14(11)17-10-18-15(13)19-8-9-20-16(3,4)12(19)2/h5-7,10,12H,8-9H2,1-4H3. The van der Waals surface area contributed by atoms with Crippen LogP contribution in [0.1, 0.15) is 26.3 Å². The fourth-order valence-electron chi connectivity index (χ4n) is 2.84. The van der Waals surface area contributed by atoms with Crippen molar-refractivity contribution in [2.24, 2.45) is 0 Å². The Morgan fingerprint density at radius 3 is 2.90 bits per heavy atom. The number of anilines is 1. The van der Waals surface area contributed by atoms with Gasteiger partial charge in [-0.1, -0.05) is 12.1 Å². The highest BCUT2D eigenvalue weighted by Gasteiger charge is 2.36. The van der Waals surface area contributed by atoms with Crippen molar-refractivity contribution in [3.8, 4) is 0 Å². The van der Waals surface area contributed by atoms with Crippen LogP contribution in [0.3, 0.4) is 0 Å². The van der Waals surface area contributed by atoms with Crippen LogP contribution in [0.15, 0.2) is 24.5 Å². The van der Waals surface area contributed by atoms with Crippen LogP contribution < -0.4 is 4.90 Å². The van der Waals surface area contributed by atoms with E-state index in [-0.39, 0.29) is 11.6 Å². The number of rotatable bonds is 1. The van der Waals surface area contributed by atoms with Crippen molar-refractivity contribution in [2.75, 3.05) is 18.1 Å². The highest BCUT2D eigenvalue weighted by Crippen LogP contribution is 2.32. The lowest BCUT2D eigenvalue weighted by Gasteiger charge is -2.45. The fourth-order valence-corrected chi connectivity index (χ4v) is 2.84. The highest BCUT2D eigenvalue weighted by atomic mass is 16.5. The summed E-state index contributed by atoms with van der Waals surface area (Å²) in [5, 5.41) is 1.12. The molecule has 4 nitrogen and oxygen atoms in total. The Kier molecular flexibility index (Phi) is 3.13. The summed E-state index contributed by atoms with van der Waals surface area (Å²) in [6, 6.07) is 6.54. The van der Waals surface area contributed by atoms with Crippen LogP contribution in [-0.4, -0.2) is 34.8 Å². The van der Waals surface area contributed by atoms with Gasteiger partial charge in [0.1, 0.15) is 12.1 Å². The van der Waals surface area contributed by atoms with E-state index in [0.717, 1.165) is 29.9 Å². The Bertz CT molecular complexity index is 639. The van der Waals surface area contributed by atoms with Gasteiger partial charge in [0.25, 0.3) is 0 Å². The summed E-state index contributed by atoms with van der Waals surface area (Å²) in [6.07, 6.45) is 1.67. The molecule has 0 aliphatic carbocycles. The predicted molar refractivity (Wildman–Crippen MR) is 81.1 cm³/mol. The van der Waals surface area contributed by atoms with Gasteiger partial charge in [0.05, 0.1) is 23.8 Å². The van der Waals surface area contributed by atoms with Gasteiger partial charge in [-0.15, -0.1) is 0 Å². The zero-order valence-electron chi connectivity index (χ0n) is 12.6. The third-order valence-electron chi connectivity index (χ3n) is 4.40. The summed E-state index contributed by atoms with van der Waals surface area (Å²) in [6.45, 7) is 10.2. The second-order valence-electron chi connectivity index (χ2n) is 5.99. The first-order valence-electron chi connectivity index (χ1n) is 7.11. The first kappa shape index (κ1) is 13.3.